The highest BCUT2D eigenvalue weighted by atomic mass is 35.5. The highest BCUT2D eigenvalue weighted by Gasteiger charge is 2.27. The minimum Gasteiger partial charge on any atom is -0.495 e. The molecule has 1 aliphatic rings. The van der Waals surface area contributed by atoms with E-state index in [-0.39, 0.29) is 6.04 Å². The summed E-state index contributed by atoms with van der Waals surface area (Å²) in [6, 6.07) is 5.99. The van der Waals surface area contributed by atoms with Gasteiger partial charge in [0.2, 0.25) is 0 Å². The molecule has 0 radical (unpaired) electrons. The quantitative estimate of drug-likeness (QED) is 0.896. The predicted octanol–water partition coefficient (Wildman–Crippen LogP) is 1.58. The fourth-order valence-corrected chi connectivity index (χ4v) is 2.55. The smallest absolute Gasteiger partial charge is 0.191 e. The molecule has 1 unspecified atom stereocenters. The number of nitrogens with zero attached hydrogens (tertiary/aromatic N) is 3. The first-order valence-corrected chi connectivity index (χ1v) is 6.95. The van der Waals surface area contributed by atoms with Crippen LogP contribution in [0, 0.1) is 0 Å². The Morgan fingerprint density at radius 2 is 2.25 bits per heavy atom. The second-order valence-electron chi connectivity index (χ2n) is 5.11. The molecule has 2 N–H and O–H groups in total. The molecule has 1 aromatic rings. The molecule has 0 aromatic heterocycles. The van der Waals surface area contributed by atoms with Crippen LogP contribution in [-0.4, -0.2) is 56.6 Å². The SMILES string of the molecule is COc1ccc(C2CN=C(N)N2CCN(C)C)cc1Cl. The summed E-state index contributed by atoms with van der Waals surface area (Å²) >= 11 is 6.20. The van der Waals surface area contributed by atoms with E-state index >= 15 is 0 Å². The number of hydrogen-bond donors (Lipinski definition) is 1. The van der Waals surface area contributed by atoms with Gasteiger partial charge in [-0.1, -0.05) is 17.7 Å². The van der Waals surface area contributed by atoms with Crippen molar-refractivity contribution in [1.82, 2.24) is 9.80 Å². The topological polar surface area (TPSA) is 54.1 Å². The molecule has 1 atom stereocenters. The minimum absolute atomic E-state index is 0.151. The average molecular weight is 297 g/mol. The Balaban J connectivity index is 2.16. The number of rotatable bonds is 5. The lowest BCUT2D eigenvalue weighted by Crippen LogP contribution is -2.40. The normalized spacial score (nSPS) is 18.6. The Morgan fingerprint density at radius 3 is 2.85 bits per heavy atom. The third-order valence-electron chi connectivity index (χ3n) is 3.45. The highest BCUT2D eigenvalue weighted by Crippen LogP contribution is 2.31. The number of nitrogens with two attached hydrogens (primary N) is 1. The van der Waals surface area contributed by atoms with E-state index in [1.807, 2.05) is 32.3 Å². The van der Waals surface area contributed by atoms with E-state index in [4.69, 9.17) is 22.1 Å². The van der Waals surface area contributed by atoms with Gasteiger partial charge >= 0.3 is 0 Å². The number of aliphatic imine (C=N–C) groups is 1. The second kappa shape index (κ2) is 6.33. The molecule has 2 rings (SSSR count). The minimum atomic E-state index is 0.151. The van der Waals surface area contributed by atoms with Crippen molar-refractivity contribution in [1.29, 1.82) is 0 Å². The molecule has 1 aromatic carbocycles. The van der Waals surface area contributed by atoms with Gasteiger partial charge in [-0.25, -0.2) is 0 Å². The zero-order chi connectivity index (χ0) is 14.7. The molecule has 0 fully saturated rings. The summed E-state index contributed by atoms with van der Waals surface area (Å²) < 4.78 is 5.18. The largest absolute Gasteiger partial charge is 0.495 e. The van der Waals surface area contributed by atoms with E-state index in [2.05, 4.69) is 14.8 Å². The van der Waals surface area contributed by atoms with Gasteiger partial charge < -0.3 is 20.3 Å². The number of ether oxygens (including phenoxy) is 1. The van der Waals surface area contributed by atoms with Gasteiger partial charge in [0.05, 0.1) is 24.7 Å². The Kier molecular flexibility index (Phi) is 4.73. The molecule has 110 valence electrons. The van der Waals surface area contributed by atoms with E-state index in [9.17, 15) is 0 Å². The molecule has 1 aliphatic heterocycles. The van der Waals surface area contributed by atoms with Gasteiger partial charge in [0, 0.05) is 13.1 Å². The van der Waals surface area contributed by atoms with Crippen molar-refractivity contribution in [3.05, 3.63) is 28.8 Å². The van der Waals surface area contributed by atoms with Crippen molar-refractivity contribution in [2.45, 2.75) is 6.04 Å². The maximum atomic E-state index is 6.20. The van der Waals surface area contributed by atoms with E-state index in [0.29, 0.717) is 23.3 Å². The molecule has 0 aliphatic carbocycles. The third-order valence-corrected chi connectivity index (χ3v) is 3.74. The van der Waals surface area contributed by atoms with Crippen molar-refractivity contribution < 1.29 is 4.74 Å². The molecule has 5 nitrogen and oxygen atoms in total. The maximum absolute atomic E-state index is 6.20. The first kappa shape index (κ1) is 14.9. The van der Waals surface area contributed by atoms with Crippen LogP contribution in [0.2, 0.25) is 5.02 Å². The molecule has 0 bridgehead atoms. The van der Waals surface area contributed by atoms with Gasteiger partial charge in [0.1, 0.15) is 5.75 Å². The van der Waals surface area contributed by atoms with Crippen LogP contribution in [-0.2, 0) is 0 Å². The lowest BCUT2D eigenvalue weighted by atomic mass is 10.1. The predicted molar refractivity (Wildman–Crippen MR) is 82.5 cm³/mol. The maximum Gasteiger partial charge on any atom is 0.191 e. The van der Waals surface area contributed by atoms with E-state index in [1.165, 1.54) is 0 Å². The molecule has 1 heterocycles. The molecule has 0 spiro atoms. The molecule has 0 amide bonds. The molecule has 20 heavy (non-hydrogen) atoms. The lowest BCUT2D eigenvalue weighted by Gasteiger charge is -2.28. The Hall–Kier alpha value is -1.46. The Morgan fingerprint density at radius 1 is 1.50 bits per heavy atom. The standard InChI is InChI=1S/C14H21ClN4O/c1-18(2)6-7-19-12(9-17-14(19)16)10-4-5-13(20-3)11(15)8-10/h4-5,8,12H,6-7,9H2,1-3H3,(H2,16,17). The number of benzene rings is 1. The first-order chi connectivity index (χ1) is 9.52. The average Bonchev–Trinajstić information content (AvgIpc) is 2.77. The van der Waals surface area contributed by atoms with E-state index < -0.39 is 0 Å². The Bertz CT molecular complexity index is 504. The molecule has 0 saturated heterocycles. The van der Waals surface area contributed by atoms with Gasteiger partial charge in [-0.3, -0.25) is 4.99 Å². The van der Waals surface area contributed by atoms with Crippen molar-refractivity contribution in [2.75, 3.05) is 40.8 Å². The van der Waals surface area contributed by atoms with E-state index in [0.717, 1.165) is 18.7 Å². The summed E-state index contributed by atoms with van der Waals surface area (Å²) in [6.45, 7) is 2.44. The van der Waals surface area contributed by atoms with Crippen LogP contribution in [0.25, 0.3) is 0 Å². The van der Waals surface area contributed by atoms with Crippen LogP contribution in [0.15, 0.2) is 23.2 Å². The zero-order valence-electron chi connectivity index (χ0n) is 12.1. The molecular formula is C14H21ClN4O. The van der Waals surface area contributed by atoms with Gasteiger partial charge in [-0.05, 0) is 31.8 Å². The first-order valence-electron chi connectivity index (χ1n) is 6.57. The van der Waals surface area contributed by atoms with Crippen LogP contribution in [0.4, 0.5) is 0 Å². The Labute approximate surface area is 125 Å². The van der Waals surface area contributed by atoms with Crippen molar-refractivity contribution in [3.63, 3.8) is 0 Å². The summed E-state index contributed by atoms with van der Waals surface area (Å²) in [4.78, 5) is 8.60. The summed E-state index contributed by atoms with van der Waals surface area (Å²) in [6.07, 6.45) is 0. The van der Waals surface area contributed by atoms with Crippen molar-refractivity contribution in [3.8, 4) is 5.75 Å². The van der Waals surface area contributed by atoms with Gasteiger partial charge in [0.25, 0.3) is 0 Å². The number of methoxy groups -OCH3 is 1. The van der Waals surface area contributed by atoms with Crippen LogP contribution in [0.5, 0.6) is 5.75 Å². The molecular weight excluding hydrogens is 276 g/mol. The summed E-state index contributed by atoms with van der Waals surface area (Å²) in [7, 11) is 5.70. The fourth-order valence-electron chi connectivity index (χ4n) is 2.28. The van der Waals surface area contributed by atoms with Crippen molar-refractivity contribution >= 4 is 17.6 Å². The van der Waals surface area contributed by atoms with E-state index in [1.54, 1.807) is 7.11 Å². The number of likely N-dealkylation sites (N-methyl/N-ethyl adjacent to an activating group) is 1. The lowest BCUT2D eigenvalue weighted by molar-refractivity contribution is 0.293. The zero-order valence-corrected chi connectivity index (χ0v) is 12.9. The summed E-state index contributed by atoms with van der Waals surface area (Å²) in [5.41, 5.74) is 7.10. The fraction of sp³-hybridized carbons (Fsp3) is 0.500. The van der Waals surface area contributed by atoms with Crippen LogP contribution in [0.1, 0.15) is 11.6 Å². The van der Waals surface area contributed by atoms with Crippen molar-refractivity contribution in [2.24, 2.45) is 10.7 Å². The summed E-state index contributed by atoms with van der Waals surface area (Å²) in [5.74, 6) is 1.28. The van der Waals surface area contributed by atoms with Gasteiger partial charge in [-0.15, -0.1) is 0 Å². The number of guanidine groups is 1. The van der Waals surface area contributed by atoms with Gasteiger partial charge in [-0.2, -0.15) is 0 Å². The van der Waals surface area contributed by atoms with Crippen LogP contribution in [0.3, 0.4) is 0 Å². The van der Waals surface area contributed by atoms with Crippen LogP contribution < -0.4 is 10.5 Å². The number of halogens is 1. The second-order valence-corrected chi connectivity index (χ2v) is 5.51. The summed E-state index contributed by atoms with van der Waals surface area (Å²) in [5, 5.41) is 0.614. The van der Waals surface area contributed by atoms with Crippen LogP contribution >= 0.6 is 11.6 Å². The monoisotopic (exact) mass is 296 g/mol. The highest BCUT2D eigenvalue weighted by molar-refractivity contribution is 6.32. The third kappa shape index (κ3) is 3.16. The molecule has 6 heteroatoms. The number of hydrogen-bond acceptors (Lipinski definition) is 5. The van der Waals surface area contributed by atoms with Gasteiger partial charge in [0.15, 0.2) is 5.96 Å². The molecule has 0 saturated carbocycles.